The third kappa shape index (κ3) is 4.48. The van der Waals surface area contributed by atoms with Crippen molar-refractivity contribution in [2.24, 2.45) is 10.9 Å². The number of rotatable bonds is 6. The van der Waals surface area contributed by atoms with Gasteiger partial charge in [-0.1, -0.05) is 26.0 Å². The van der Waals surface area contributed by atoms with Crippen LogP contribution in [-0.2, 0) is 26.1 Å². The predicted octanol–water partition coefficient (Wildman–Crippen LogP) is 2.10. The smallest absolute Gasteiger partial charge is 0.341 e. The molecule has 10 heteroatoms. The van der Waals surface area contributed by atoms with Gasteiger partial charge in [0.1, 0.15) is 29.0 Å². The molecule has 0 saturated heterocycles. The molecule has 1 aromatic carbocycles. The lowest BCUT2D eigenvalue weighted by Gasteiger charge is -2.23. The van der Waals surface area contributed by atoms with Gasteiger partial charge in [0.05, 0.1) is 18.6 Å². The number of nitrogens with zero attached hydrogens (tertiary/aromatic N) is 2. The van der Waals surface area contributed by atoms with E-state index in [9.17, 15) is 18.0 Å². The summed E-state index contributed by atoms with van der Waals surface area (Å²) in [5.41, 5.74) is 0.740. The molecule has 1 aliphatic rings. The number of methoxy groups -OCH3 is 1. The fourth-order valence-corrected chi connectivity index (χ4v) is 4.57. The number of hydrogen-bond donors (Lipinski definition) is 1. The zero-order chi connectivity index (χ0) is 22.9. The molecular formula is C21H25N3O6S. The zero-order valence-corrected chi connectivity index (χ0v) is 18.8. The maximum Gasteiger partial charge on any atom is 0.341 e. The number of esters is 1. The van der Waals surface area contributed by atoms with Gasteiger partial charge in [0.2, 0.25) is 5.91 Å². The van der Waals surface area contributed by atoms with Crippen LogP contribution in [0.5, 0.6) is 0 Å². The van der Waals surface area contributed by atoms with Crippen molar-refractivity contribution in [3.8, 4) is 0 Å². The number of fused-ring (bicyclic) bond motifs is 1. The summed E-state index contributed by atoms with van der Waals surface area (Å²) >= 11 is 0. The molecule has 166 valence electrons. The maximum absolute atomic E-state index is 13.1. The van der Waals surface area contributed by atoms with Crippen molar-refractivity contribution in [3.05, 3.63) is 53.0 Å². The van der Waals surface area contributed by atoms with Crippen LogP contribution in [0.1, 0.15) is 41.3 Å². The van der Waals surface area contributed by atoms with Crippen molar-refractivity contribution in [3.63, 3.8) is 0 Å². The monoisotopic (exact) mass is 447 g/mol. The summed E-state index contributed by atoms with van der Waals surface area (Å²) in [6, 6.07) is 7.22. The van der Waals surface area contributed by atoms with Gasteiger partial charge in [0, 0.05) is 12.6 Å². The number of ether oxygens (including phenoxy) is 1. The molecule has 2 aromatic rings. The van der Waals surface area contributed by atoms with E-state index in [0.717, 1.165) is 0 Å². The number of sulfonamides is 1. The normalized spacial score (nSPS) is 16.6. The molecule has 2 heterocycles. The van der Waals surface area contributed by atoms with Gasteiger partial charge in [0.25, 0.3) is 10.0 Å². The van der Waals surface area contributed by atoms with E-state index in [0.29, 0.717) is 22.6 Å². The van der Waals surface area contributed by atoms with E-state index in [2.05, 4.69) is 9.71 Å². The van der Waals surface area contributed by atoms with Crippen LogP contribution in [0.4, 0.5) is 0 Å². The Balaban J connectivity index is 1.85. The number of carbonyl (C=O) groups excluding carboxylic acids is 2. The Morgan fingerprint density at radius 1 is 1.26 bits per heavy atom. The number of amides is 1. The summed E-state index contributed by atoms with van der Waals surface area (Å²) in [6.07, 6.45) is 0. The summed E-state index contributed by atoms with van der Waals surface area (Å²) in [7, 11) is -0.817. The number of amidine groups is 1. The Morgan fingerprint density at radius 3 is 2.58 bits per heavy atom. The van der Waals surface area contributed by atoms with Gasteiger partial charge in [0.15, 0.2) is 0 Å². The van der Waals surface area contributed by atoms with Gasteiger partial charge >= 0.3 is 5.97 Å². The number of hydrogen-bond acceptors (Lipinski definition) is 7. The maximum atomic E-state index is 13.1. The van der Waals surface area contributed by atoms with Crippen molar-refractivity contribution < 1.29 is 27.2 Å². The molecule has 0 saturated carbocycles. The summed E-state index contributed by atoms with van der Waals surface area (Å²) in [6.45, 7) is 5.43. The Hall–Kier alpha value is -3.14. The number of aliphatic imine (C=N–C) groups is 1. The van der Waals surface area contributed by atoms with Crippen molar-refractivity contribution in [2.45, 2.75) is 38.3 Å². The molecule has 0 fully saturated rings. The molecule has 0 bridgehead atoms. The topological polar surface area (TPSA) is 118 Å². The molecule has 1 aromatic heterocycles. The van der Waals surface area contributed by atoms with Gasteiger partial charge in [-0.25, -0.2) is 13.2 Å². The first-order chi connectivity index (χ1) is 14.5. The zero-order valence-electron chi connectivity index (χ0n) is 18.0. The highest BCUT2D eigenvalue weighted by molar-refractivity contribution is 7.90. The van der Waals surface area contributed by atoms with Crippen LogP contribution in [0.3, 0.4) is 0 Å². The molecule has 31 heavy (non-hydrogen) atoms. The van der Waals surface area contributed by atoms with Crippen LogP contribution in [0.2, 0.25) is 0 Å². The van der Waals surface area contributed by atoms with Crippen molar-refractivity contribution in [2.75, 3.05) is 14.2 Å². The minimum absolute atomic E-state index is 0.118. The highest BCUT2D eigenvalue weighted by Gasteiger charge is 2.33. The lowest BCUT2D eigenvalue weighted by Crippen LogP contribution is -2.39. The van der Waals surface area contributed by atoms with Crippen molar-refractivity contribution in [1.29, 1.82) is 0 Å². The number of carbonyl (C=O) groups is 2. The molecule has 1 aliphatic heterocycles. The standard InChI is InChI=1S/C21H25N3O6S/c1-12(2)18(22-19-15-8-6-7-9-17(15)31(27,28)23-19)20(25)24(4)11-14-10-16(13(3)30-14)21(26)29-5/h6-10,12,18H,11H2,1-5H3,(H,22,23)/t18-/m0/s1. The summed E-state index contributed by atoms with van der Waals surface area (Å²) in [4.78, 5) is 31.0. The summed E-state index contributed by atoms with van der Waals surface area (Å²) in [5, 5.41) is 0. The minimum atomic E-state index is -3.70. The second-order valence-corrected chi connectivity index (χ2v) is 9.29. The van der Waals surface area contributed by atoms with E-state index in [1.165, 1.54) is 18.1 Å². The van der Waals surface area contributed by atoms with Crippen LogP contribution >= 0.6 is 0 Å². The number of aryl methyl sites for hydroxylation is 1. The average Bonchev–Trinajstić information content (AvgIpc) is 3.21. The molecule has 0 radical (unpaired) electrons. The largest absolute Gasteiger partial charge is 0.465 e. The van der Waals surface area contributed by atoms with Crippen molar-refractivity contribution in [1.82, 2.24) is 9.62 Å². The van der Waals surface area contributed by atoms with Crippen molar-refractivity contribution >= 4 is 27.7 Å². The molecule has 1 amide bonds. The van der Waals surface area contributed by atoms with E-state index in [1.54, 1.807) is 38.2 Å². The fourth-order valence-electron chi connectivity index (χ4n) is 3.33. The second kappa shape index (κ2) is 8.54. The molecular weight excluding hydrogens is 422 g/mol. The highest BCUT2D eigenvalue weighted by atomic mass is 32.2. The first-order valence-electron chi connectivity index (χ1n) is 9.67. The van der Waals surface area contributed by atoms with Gasteiger partial charge in [-0.2, -0.15) is 0 Å². The van der Waals surface area contributed by atoms with Gasteiger partial charge in [-0.15, -0.1) is 0 Å². The van der Waals surface area contributed by atoms with Crippen LogP contribution in [-0.4, -0.2) is 51.2 Å². The van der Waals surface area contributed by atoms with Crippen LogP contribution < -0.4 is 4.72 Å². The lowest BCUT2D eigenvalue weighted by molar-refractivity contribution is -0.132. The molecule has 1 N–H and O–H groups in total. The summed E-state index contributed by atoms with van der Waals surface area (Å²) < 4.78 is 37.4. The first kappa shape index (κ1) is 22.5. The van der Waals surface area contributed by atoms with Crippen LogP contribution in [0.25, 0.3) is 0 Å². The minimum Gasteiger partial charge on any atom is -0.465 e. The highest BCUT2D eigenvalue weighted by Crippen LogP contribution is 2.24. The average molecular weight is 448 g/mol. The van der Waals surface area contributed by atoms with Crippen LogP contribution in [0, 0.1) is 12.8 Å². The molecule has 0 aliphatic carbocycles. The molecule has 3 rings (SSSR count). The van der Waals surface area contributed by atoms with E-state index in [4.69, 9.17) is 9.15 Å². The third-order valence-electron chi connectivity index (χ3n) is 4.96. The molecule has 9 nitrogen and oxygen atoms in total. The Labute approximate surface area is 181 Å². The number of benzene rings is 1. The number of nitrogens with one attached hydrogen (secondary N) is 1. The first-order valence-corrected chi connectivity index (χ1v) is 11.2. The van der Waals surface area contributed by atoms with Gasteiger partial charge in [-0.05, 0) is 31.0 Å². The fraction of sp³-hybridized carbons (Fsp3) is 0.381. The SMILES string of the molecule is COC(=O)c1cc(CN(C)C(=O)[C@@H](N=C2NS(=O)(=O)c3ccccc32)C(C)C)oc1C. The lowest BCUT2D eigenvalue weighted by atomic mass is 10.0. The quantitative estimate of drug-likeness (QED) is 0.678. The van der Waals surface area contributed by atoms with Crippen LogP contribution in [0.15, 0.2) is 44.6 Å². The third-order valence-corrected chi connectivity index (χ3v) is 6.36. The van der Waals surface area contributed by atoms with Gasteiger partial charge < -0.3 is 14.1 Å². The Morgan fingerprint density at radius 2 is 1.94 bits per heavy atom. The Bertz CT molecular complexity index is 1150. The van der Waals surface area contributed by atoms with E-state index in [-0.39, 0.29) is 29.1 Å². The molecule has 1 atom stereocenters. The Kier molecular flexibility index (Phi) is 6.21. The van der Waals surface area contributed by atoms with E-state index in [1.807, 2.05) is 13.8 Å². The predicted molar refractivity (Wildman–Crippen MR) is 113 cm³/mol. The number of furan rings is 1. The van der Waals surface area contributed by atoms with E-state index < -0.39 is 22.0 Å². The second-order valence-electron chi connectivity index (χ2n) is 7.64. The summed E-state index contributed by atoms with van der Waals surface area (Å²) in [5.74, 6) is -0.0300. The molecule has 0 unspecified atom stereocenters. The molecule has 0 spiro atoms. The number of likely N-dealkylation sites (N-methyl/N-ethyl adjacent to an activating group) is 1. The van der Waals surface area contributed by atoms with E-state index >= 15 is 0 Å². The van der Waals surface area contributed by atoms with Gasteiger partial charge in [-0.3, -0.25) is 14.5 Å².